The molecule has 2 aromatic rings. The van der Waals surface area contributed by atoms with Crippen molar-refractivity contribution in [2.24, 2.45) is 0 Å². The molecule has 0 fully saturated rings. The summed E-state index contributed by atoms with van der Waals surface area (Å²) >= 11 is 3.28. The van der Waals surface area contributed by atoms with Crippen LogP contribution in [0.25, 0.3) is 0 Å². The Morgan fingerprint density at radius 1 is 1.00 bits per heavy atom. The molecule has 0 radical (unpaired) electrons. The number of ether oxygens (including phenoxy) is 1. The van der Waals surface area contributed by atoms with Crippen molar-refractivity contribution < 1.29 is 23.9 Å². The number of carbonyl (C=O) groups is 4. The van der Waals surface area contributed by atoms with Crippen molar-refractivity contribution in [1.82, 2.24) is 10.2 Å². The molecule has 150 valence electrons. The summed E-state index contributed by atoms with van der Waals surface area (Å²) in [7, 11) is 0. The summed E-state index contributed by atoms with van der Waals surface area (Å²) in [5, 5.41) is 2.66. The average Bonchev–Trinajstić information content (AvgIpc) is 2.95. The second-order valence-corrected chi connectivity index (χ2v) is 7.39. The standard InChI is InChI=1S/C21H19BrN2O5/c22-15-8-9-16-17(11-15)21(28)24(20(16)27)10-4-7-19(26)29-13-18(25)23-12-14-5-2-1-3-6-14/h1-3,5-6,8-9,11H,4,7,10,12-13H2,(H,23,25). The first-order chi connectivity index (χ1) is 14.0. The van der Waals surface area contributed by atoms with Crippen LogP contribution in [-0.4, -0.2) is 41.7 Å². The fourth-order valence-corrected chi connectivity index (χ4v) is 3.27. The number of nitrogens with zero attached hydrogens (tertiary/aromatic N) is 1. The number of benzene rings is 2. The summed E-state index contributed by atoms with van der Waals surface area (Å²) in [6.07, 6.45) is 0.264. The molecule has 0 aliphatic carbocycles. The van der Waals surface area contributed by atoms with E-state index in [9.17, 15) is 19.2 Å². The molecule has 1 aliphatic heterocycles. The van der Waals surface area contributed by atoms with E-state index in [2.05, 4.69) is 21.2 Å². The molecule has 0 aromatic heterocycles. The molecule has 1 heterocycles. The number of amides is 3. The Kier molecular flexibility index (Phi) is 6.77. The van der Waals surface area contributed by atoms with Crippen molar-refractivity contribution in [3.8, 4) is 0 Å². The monoisotopic (exact) mass is 458 g/mol. The third kappa shape index (κ3) is 5.29. The largest absolute Gasteiger partial charge is 0.456 e. The van der Waals surface area contributed by atoms with Crippen molar-refractivity contribution in [3.05, 3.63) is 69.7 Å². The minimum absolute atomic E-state index is 0.00304. The highest BCUT2D eigenvalue weighted by Crippen LogP contribution is 2.26. The zero-order valence-corrected chi connectivity index (χ0v) is 17.1. The Hall–Kier alpha value is -3.00. The maximum atomic E-state index is 12.4. The van der Waals surface area contributed by atoms with Gasteiger partial charge in [-0.15, -0.1) is 0 Å². The molecule has 0 bridgehead atoms. The molecule has 1 aliphatic rings. The van der Waals surface area contributed by atoms with Crippen molar-refractivity contribution >= 4 is 39.6 Å². The van der Waals surface area contributed by atoms with Gasteiger partial charge in [0.2, 0.25) is 0 Å². The van der Waals surface area contributed by atoms with E-state index in [0.29, 0.717) is 22.1 Å². The van der Waals surface area contributed by atoms with E-state index in [4.69, 9.17) is 4.74 Å². The van der Waals surface area contributed by atoms with Crippen LogP contribution < -0.4 is 5.32 Å². The van der Waals surface area contributed by atoms with Crippen LogP contribution in [-0.2, 0) is 20.9 Å². The summed E-state index contributed by atoms with van der Waals surface area (Å²) < 4.78 is 5.66. The van der Waals surface area contributed by atoms with E-state index in [-0.39, 0.29) is 37.8 Å². The van der Waals surface area contributed by atoms with Gasteiger partial charge in [-0.1, -0.05) is 46.3 Å². The van der Waals surface area contributed by atoms with Gasteiger partial charge in [0.25, 0.3) is 17.7 Å². The van der Waals surface area contributed by atoms with Gasteiger partial charge in [0.1, 0.15) is 0 Å². The molecule has 0 saturated carbocycles. The lowest BCUT2D eigenvalue weighted by Gasteiger charge is -2.13. The van der Waals surface area contributed by atoms with E-state index in [1.807, 2.05) is 30.3 Å². The highest BCUT2D eigenvalue weighted by molar-refractivity contribution is 9.10. The van der Waals surface area contributed by atoms with E-state index < -0.39 is 11.9 Å². The average molecular weight is 459 g/mol. The van der Waals surface area contributed by atoms with Crippen molar-refractivity contribution in [3.63, 3.8) is 0 Å². The quantitative estimate of drug-likeness (QED) is 0.484. The molecule has 0 unspecified atom stereocenters. The number of fused-ring (bicyclic) bond motifs is 1. The molecular formula is C21H19BrN2O5. The van der Waals surface area contributed by atoms with Gasteiger partial charge < -0.3 is 10.1 Å². The maximum Gasteiger partial charge on any atom is 0.306 e. The molecule has 2 aromatic carbocycles. The van der Waals surface area contributed by atoms with Gasteiger partial charge in [0, 0.05) is 24.0 Å². The molecule has 0 spiro atoms. The molecule has 7 nitrogen and oxygen atoms in total. The molecule has 0 atom stereocenters. The molecule has 8 heteroatoms. The van der Waals surface area contributed by atoms with Crippen LogP contribution in [0, 0.1) is 0 Å². The smallest absolute Gasteiger partial charge is 0.306 e. The number of halogens is 1. The van der Waals surface area contributed by atoms with Crippen molar-refractivity contribution in [1.29, 1.82) is 0 Å². The van der Waals surface area contributed by atoms with Gasteiger partial charge in [0.15, 0.2) is 6.61 Å². The zero-order valence-electron chi connectivity index (χ0n) is 15.5. The van der Waals surface area contributed by atoms with Gasteiger partial charge in [-0.3, -0.25) is 24.1 Å². The first-order valence-electron chi connectivity index (χ1n) is 9.07. The van der Waals surface area contributed by atoms with Gasteiger partial charge in [-0.05, 0) is 30.2 Å². The zero-order chi connectivity index (χ0) is 20.8. The molecular weight excluding hydrogens is 440 g/mol. The molecule has 0 saturated heterocycles. The number of hydrogen-bond donors (Lipinski definition) is 1. The van der Waals surface area contributed by atoms with Gasteiger partial charge in [0.05, 0.1) is 11.1 Å². The van der Waals surface area contributed by atoms with Crippen LogP contribution in [0.2, 0.25) is 0 Å². The van der Waals surface area contributed by atoms with Gasteiger partial charge >= 0.3 is 5.97 Å². The van der Waals surface area contributed by atoms with E-state index >= 15 is 0 Å². The SMILES string of the molecule is O=C(COC(=O)CCCN1C(=O)c2ccc(Br)cc2C1=O)NCc1ccccc1. The highest BCUT2D eigenvalue weighted by Gasteiger charge is 2.35. The second kappa shape index (κ2) is 9.47. The summed E-state index contributed by atoms with van der Waals surface area (Å²) in [5.74, 6) is -1.70. The van der Waals surface area contributed by atoms with Crippen LogP contribution in [0.15, 0.2) is 53.0 Å². The Balaban J connectivity index is 1.37. The van der Waals surface area contributed by atoms with Gasteiger partial charge in [-0.2, -0.15) is 0 Å². The Bertz CT molecular complexity index is 945. The first kappa shape index (κ1) is 20.7. The Labute approximate surface area is 176 Å². The van der Waals surface area contributed by atoms with Crippen LogP contribution in [0.4, 0.5) is 0 Å². The molecule has 1 N–H and O–H groups in total. The summed E-state index contributed by atoms with van der Waals surface area (Å²) in [6.45, 7) is 0.0963. The third-order valence-corrected chi connectivity index (χ3v) is 4.89. The lowest BCUT2D eigenvalue weighted by Crippen LogP contribution is -2.31. The van der Waals surface area contributed by atoms with Gasteiger partial charge in [-0.25, -0.2) is 0 Å². The molecule has 3 amide bonds. The fourth-order valence-electron chi connectivity index (χ4n) is 2.91. The number of rotatable bonds is 8. The van der Waals surface area contributed by atoms with E-state index in [1.165, 1.54) is 0 Å². The second-order valence-electron chi connectivity index (χ2n) is 6.48. The van der Waals surface area contributed by atoms with Crippen LogP contribution >= 0.6 is 15.9 Å². The van der Waals surface area contributed by atoms with Crippen LogP contribution in [0.5, 0.6) is 0 Å². The maximum absolute atomic E-state index is 12.4. The number of nitrogens with one attached hydrogen (secondary N) is 1. The minimum Gasteiger partial charge on any atom is -0.456 e. The summed E-state index contributed by atoms with van der Waals surface area (Å²) in [4.78, 5) is 49.4. The van der Waals surface area contributed by atoms with Crippen LogP contribution in [0.1, 0.15) is 39.1 Å². The predicted octanol–water partition coefficient (Wildman–Crippen LogP) is 2.68. The third-order valence-electron chi connectivity index (χ3n) is 4.39. The Morgan fingerprint density at radius 3 is 2.48 bits per heavy atom. The molecule has 29 heavy (non-hydrogen) atoms. The topological polar surface area (TPSA) is 92.8 Å². The number of hydrogen-bond acceptors (Lipinski definition) is 5. The fraction of sp³-hybridized carbons (Fsp3) is 0.238. The normalized spacial score (nSPS) is 12.7. The van der Waals surface area contributed by atoms with E-state index in [1.54, 1.807) is 18.2 Å². The van der Waals surface area contributed by atoms with E-state index in [0.717, 1.165) is 10.5 Å². The minimum atomic E-state index is -0.556. The lowest BCUT2D eigenvalue weighted by atomic mass is 10.1. The lowest BCUT2D eigenvalue weighted by molar-refractivity contribution is -0.148. The first-order valence-corrected chi connectivity index (χ1v) is 9.87. The van der Waals surface area contributed by atoms with Crippen molar-refractivity contribution in [2.75, 3.05) is 13.2 Å². The number of imide groups is 1. The molecule has 3 rings (SSSR count). The number of esters is 1. The number of carbonyl (C=O) groups excluding carboxylic acids is 4. The summed E-state index contributed by atoms with van der Waals surface area (Å²) in [5.41, 5.74) is 1.65. The Morgan fingerprint density at radius 2 is 1.72 bits per heavy atom. The predicted molar refractivity (Wildman–Crippen MR) is 108 cm³/mol. The van der Waals surface area contributed by atoms with Crippen molar-refractivity contribution in [2.45, 2.75) is 19.4 Å². The summed E-state index contributed by atoms with van der Waals surface area (Å²) in [6, 6.07) is 14.3. The van der Waals surface area contributed by atoms with Crippen LogP contribution in [0.3, 0.4) is 0 Å². The highest BCUT2D eigenvalue weighted by atomic mass is 79.9.